The average Bonchev–Trinajstić information content (AvgIpc) is 3.02. The van der Waals surface area contributed by atoms with E-state index in [9.17, 15) is 13.2 Å². The van der Waals surface area contributed by atoms with Crippen molar-refractivity contribution in [2.24, 2.45) is 4.99 Å². The normalized spacial score (nSPS) is 12.2. The molecule has 0 aliphatic carbocycles. The van der Waals surface area contributed by atoms with Gasteiger partial charge in [-0.3, -0.25) is 4.99 Å². The van der Waals surface area contributed by atoms with E-state index in [-0.39, 0.29) is 6.54 Å². The molecule has 2 aromatic rings. The molecule has 5 nitrogen and oxygen atoms in total. The first kappa shape index (κ1) is 20.0. The van der Waals surface area contributed by atoms with Gasteiger partial charge in [0.2, 0.25) is 0 Å². The van der Waals surface area contributed by atoms with Crippen LogP contribution in [0.1, 0.15) is 21.8 Å². The second-order valence-corrected chi connectivity index (χ2v) is 6.59. The zero-order valence-electron chi connectivity index (χ0n) is 14.8. The number of rotatable bonds is 6. The Morgan fingerprint density at radius 2 is 1.88 bits per heavy atom. The first-order valence-corrected chi connectivity index (χ1v) is 8.83. The minimum Gasteiger partial charge on any atom is -0.492 e. The third-order valence-corrected chi connectivity index (χ3v) is 4.18. The highest BCUT2D eigenvalue weighted by atomic mass is 32.1. The van der Waals surface area contributed by atoms with Gasteiger partial charge in [-0.05, 0) is 37.1 Å². The lowest BCUT2D eigenvalue weighted by Crippen LogP contribution is -2.38. The number of aliphatic imine (C=N–C) groups is 1. The van der Waals surface area contributed by atoms with Crippen LogP contribution in [0.2, 0.25) is 0 Å². The number of hydrogen-bond acceptors (Lipinski definition) is 4. The van der Waals surface area contributed by atoms with Crippen LogP contribution < -0.4 is 15.4 Å². The molecule has 2 N–H and O–H groups in total. The fraction of sp³-hybridized carbons (Fsp3) is 0.412. The molecule has 1 aromatic heterocycles. The number of guanidine groups is 1. The Morgan fingerprint density at radius 1 is 1.19 bits per heavy atom. The van der Waals surface area contributed by atoms with Gasteiger partial charge < -0.3 is 15.4 Å². The van der Waals surface area contributed by atoms with E-state index in [0.717, 1.165) is 33.6 Å². The maximum atomic E-state index is 12.5. The van der Waals surface area contributed by atoms with E-state index in [4.69, 9.17) is 4.74 Å². The van der Waals surface area contributed by atoms with Gasteiger partial charge in [-0.15, -0.1) is 11.3 Å². The topological polar surface area (TPSA) is 58.5 Å². The van der Waals surface area contributed by atoms with Gasteiger partial charge in [-0.1, -0.05) is 6.07 Å². The fourth-order valence-electron chi connectivity index (χ4n) is 2.26. The van der Waals surface area contributed by atoms with Crippen molar-refractivity contribution >= 4 is 17.3 Å². The molecule has 0 fully saturated rings. The minimum absolute atomic E-state index is 0.165. The zero-order chi connectivity index (χ0) is 19.2. The Balaban J connectivity index is 1.75. The lowest BCUT2D eigenvalue weighted by atomic mass is 10.1. The largest absolute Gasteiger partial charge is 0.492 e. The lowest BCUT2D eigenvalue weighted by Gasteiger charge is -2.12. The molecule has 2 rings (SSSR count). The summed E-state index contributed by atoms with van der Waals surface area (Å²) in [6, 6.07) is 5.99. The maximum Gasteiger partial charge on any atom is 0.434 e. The second-order valence-electron chi connectivity index (χ2n) is 5.65. The van der Waals surface area contributed by atoms with Gasteiger partial charge in [0.15, 0.2) is 11.7 Å². The number of nitrogens with one attached hydrogen (secondary N) is 2. The van der Waals surface area contributed by atoms with E-state index in [2.05, 4.69) is 26.7 Å². The Bertz CT molecular complexity index is 738. The van der Waals surface area contributed by atoms with Crippen molar-refractivity contribution in [2.75, 3.05) is 20.2 Å². The summed E-state index contributed by atoms with van der Waals surface area (Å²) in [5.74, 6) is 1.27. The number of thiazole rings is 1. The summed E-state index contributed by atoms with van der Waals surface area (Å²) < 4.78 is 43.3. The summed E-state index contributed by atoms with van der Waals surface area (Å²) in [7, 11) is 1.59. The van der Waals surface area contributed by atoms with E-state index in [0.29, 0.717) is 24.1 Å². The third-order valence-electron chi connectivity index (χ3n) is 3.33. The molecule has 0 radical (unpaired) electrons. The summed E-state index contributed by atoms with van der Waals surface area (Å²) in [6.45, 7) is 5.11. The number of hydrogen-bond donors (Lipinski definition) is 2. The Morgan fingerprint density at radius 3 is 2.46 bits per heavy atom. The SMILES string of the molecule is CN=C(NCCOc1cc(C)cc(C)c1)NCc1nc(C(F)(F)F)cs1. The van der Waals surface area contributed by atoms with E-state index < -0.39 is 11.9 Å². The first-order chi connectivity index (χ1) is 12.3. The highest BCUT2D eigenvalue weighted by Gasteiger charge is 2.33. The van der Waals surface area contributed by atoms with Crippen molar-refractivity contribution in [2.45, 2.75) is 26.6 Å². The highest BCUT2D eigenvalue weighted by molar-refractivity contribution is 7.09. The van der Waals surface area contributed by atoms with Crippen LogP contribution in [0.4, 0.5) is 13.2 Å². The quantitative estimate of drug-likeness (QED) is 0.453. The number of nitrogens with zero attached hydrogens (tertiary/aromatic N) is 2. The number of aromatic nitrogens is 1. The predicted molar refractivity (Wildman–Crippen MR) is 96.7 cm³/mol. The van der Waals surface area contributed by atoms with E-state index >= 15 is 0 Å². The van der Waals surface area contributed by atoms with Gasteiger partial charge in [0, 0.05) is 12.4 Å². The highest BCUT2D eigenvalue weighted by Crippen LogP contribution is 2.29. The molecule has 0 saturated carbocycles. The molecule has 0 aliphatic heterocycles. The van der Waals surface area contributed by atoms with Gasteiger partial charge in [0.1, 0.15) is 17.4 Å². The number of benzene rings is 1. The van der Waals surface area contributed by atoms with Crippen molar-refractivity contribution in [3.63, 3.8) is 0 Å². The summed E-state index contributed by atoms with van der Waals surface area (Å²) in [6.07, 6.45) is -4.42. The third kappa shape index (κ3) is 6.21. The van der Waals surface area contributed by atoms with E-state index in [1.54, 1.807) is 7.05 Å². The number of aryl methyl sites for hydroxylation is 2. The Hall–Kier alpha value is -2.29. The van der Waals surface area contributed by atoms with Crippen LogP contribution >= 0.6 is 11.3 Å². The molecular weight excluding hydrogens is 365 g/mol. The summed E-state index contributed by atoms with van der Waals surface area (Å²) in [4.78, 5) is 7.59. The second kappa shape index (κ2) is 8.88. The van der Waals surface area contributed by atoms with Crippen molar-refractivity contribution in [1.29, 1.82) is 0 Å². The molecule has 0 spiro atoms. The monoisotopic (exact) mass is 386 g/mol. The fourth-order valence-corrected chi connectivity index (χ4v) is 3.00. The van der Waals surface area contributed by atoms with Gasteiger partial charge in [-0.2, -0.15) is 13.2 Å². The smallest absolute Gasteiger partial charge is 0.434 e. The molecule has 1 heterocycles. The van der Waals surface area contributed by atoms with Gasteiger partial charge >= 0.3 is 6.18 Å². The Labute approximate surface area is 154 Å². The molecule has 142 valence electrons. The standard InChI is InChI=1S/C17H21F3N4OS/c1-11-6-12(2)8-13(7-11)25-5-4-22-16(21-3)23-9-15-24-14(10-26-15)17(18,19)20/h6-8,10H,4-5,9H2,1-3H3,(H2,21,22,23). The van der Waals surface area contributed by atoms with Crippen LogP contribution in [0.15, 0.2) is 28.6 Å². The maximum absolute atomic E-state index is 12.5. The van der Waals surface area contributed by atoms with Crippen molar-refractivity contribution in [3.05, 3.63) is 45.4 Å². The Kier molecular flexibility index (Phi) is 6.84. The number of alkyl halides is 3. The molecule has 0 aliphatic rings. The molecular formula is C17H21F3N4OS. The average molecular weight is 386 g/mol. The van der Waals surface area contributed by atoms with Crippen molar-refractivity contribution < 1.29 is 17.9 Å². The molecule has 9 heteroatoms. The first-order valence-electron chi connectivity index (χ1n) is 7.95. The van der Waals surface area contributed by atoms with Crippen molar-refractivity contribution in [3.8, 4) is 5.75 Å². The number of halogens is 3. The molecule has 0 unspecified atom stereocenters. The molecule has 26 heavy (non-hydrogen) atoms. The summed E-state index contributed by atoms with van der Waals surface area (Å²) in [5, 5.41) is 7.32. The summed E-state index contributed by atoms with van der Waals surface area (Å²) in [5.41, 5.74) is 1.39. The van der Waals surface area contributed by atoms with Gasteiger partial charge in [0.25, 0.3) is 0 Å². The van der Waals surface area contributed by atoms with Gasteiger partial charge in [0.05, 0.1) is 13.1 Å². The number of ether oxygens (including phenoxy) is 1. The van der Waals surface area contributed by atoms with Crippen LogP contribution in [0, 0.1) is 13.8 Å². The molecule has 0 amide bonds. The van der Waals surface area contributed by atoms with E-state index in [1.165, 1.54) is 0 Å². The molecule has 0 bridgehead atoms. The molecule has 0 saturated heterocycles. The molecule has 0 atom stereocenters. The summed E-state index contributed by atoms with van der Waals surface area (Å²) >= 11 is 0.956. The van der Waals surface area contributed by atoms with Gasteiger partial charge in [-0.25, -0.2) is 4.98 Å². The molecule has 1 aromatic carbocycles. The van der Waals surface area contributed by atoms with Crippen molar-refractivity contribution in [1.82, 2.24) is 15.6 Å². The van der Waals surface area contributed by atoms with Crippen LogP contribution in [-0.2, 0) is 12.7 Å². The van der Waals surface area contributed by atoms with Crippen LogP contribution in [0.25, 0.3) is 0 Å². The van der Waals surface area contributed by atoms with Crippen LogP contribution in [0.3, 0.4) is 0 Å². The van der Waals surface area contributed by atoms with E-state index in [1.807, 2.05) is 26.0 Å². The predicted octanol–water partition coefficient (Wildman–Crippen LogP) is 3.52. The van der Waals surface area contributed by atoms with Crippen LogP contribution in [-0.4, -0.2) is 31.1 Å². The van der Waals surface area contributed by atoms with Crippen LogP contribution in [0.5, 0.6) is 5.75 Å². The lowest BCUT2D eigenvalue weighted by molar-refractivity contribution is -0.140. The zero-order valence-corrected chi connectivity index (χ0v) is 15.6. The minimum atomic E-state index is -4.42.